The summed E-state index contributed by atoms with van der Waals surface area (Å²) >= 11 is 0. The SMILES string of the molecule is COc1cc2c(c(O)c1OC)-c1c(cc(OC)c(OC)c1OC)C[C@@H]1CO[C@@H]2[C@@H]1C. The number of hydrogen-bond acceptors (Lipinski definition) is 7. The molecule has 0 amide bonds. The molecule has 0 radical (unpaired) electrons. The topological polar surface area (TPSA) is 75.6 Å². The molecule has 1 N–H and O–H groups in total. The van der Waals surface area contributed by atoms with Crippen LogP contribution in [0.5, 0.6) is 34.5 Å². The van der Waals surface area contributed by atoms with Gasteiger partial charge in [0, 0.05) is 11.1 Å². The minimum Gasteiger partial charge on any atom is -0.504 e. The van der Waals surface area contributed by atoms with Gasteiger partial charge < -0.3 is 33.5 Å². The molecule has 2 aliphatic rings. The fraction of sp³-hybridized carbons (Fsp3) is 0.478. The molecule has 2 bridgehead atoms. The van der Waals surface area contributed by atoms with E-state index < -0.39 is 0 Å². The van der Waals surface area contributed by atoms with E-state index in [0.29, 0.717) is 41.1 Å². The Morgan fingerprint density at radius 3 is 2.07 bits per heavy atom. The first-order valence-corrected chi connectivity index (χ1v) is 9.92. The maximum absolute atomic E-state index is 11.3. The normalized spacial score (nSPS) is 21.7. The summed E-state index contributed by atoms with van der Waals surface area (Å²) < 4.78 is 34.2. The highest BCUT2D eigenvalue weighted by atomic mass is 16.5. The highest BCUT2D eigenvalue weighted by molar-refractivity contribution is 5.88. The summed E-state index contributed by atoms with van der Waals surface area (Å²) in [6.07, 6.45) is 0.582. The van der Waals surface area contributed by atoms with Crippen molar-refractivity contribution in [3.8, 4) is 45.6 Å². The standard InChI is InChI=1S/C23H28O7/c1-11-13-7-12-8-15(25-2)22(28-5)23(29-6)17(12)18-14(20(11)30-10-13)9-16(26-3)21(27-4)19(18)24/h8-9,11,13,20,24H,7,10H2,1-6H3/t11-,13-,20-/m1/s1. The predicted octanol–water partition coefficient (Wildman–Crippen LogP) is 3.98. The van der Waals surface area contributed by atoms with E-state index in [2.05, 4.69) is 6.92 Å². The number of phenolic OH excluding ortho intramolecular Hbond substituents is 1. The Morgan fingerprint density at radius 2 is 1.47 bits per heavy atom. The van der Waals surface area contributed by atoms with Crippen molar-refractivity contribution >= 4 is 0 Å². The number of aromatic hydroxyl groups is 1. The molecule has 2 aromatic rings. The second-order valence-electron chi connectivity index (χ2n) is 7.68. The Kier molecular flexibility index (Phi) is 5.32. The average Bonchev–Trinajstić information content (AvgIpc) is 3.14. The number of hydrogen-bond donors (Lipinski definition) is 1. The lowest BCUT2D eigenvalue weighted by Gasteiger charge is -2.30. The number of rotatable bonds is 5. The number of methoxy groups -OCH3 is 5. The summed E-state index contributed by atoms with van der Waals surface area (Å²) in [5, 5.41) is 11.3. The smallest absolute Gasteiger partial charge is 0.203 e. The molecule has 0 saturated carbocycles. The van der Waals surface area contributed by atoms with Gasteiger partial charge in [-0.15, -0.1) is 0 Å². The van der Waals surface area contributed by atoms with Crippen molar-refractivity contribution in [1.82, 2.24) is 0 Å². The van der Waals surface area contributed by atoms with Crippen molar-refractivity contribution < 1.29 is 33.5 Å². The third-order valence-electron chi connectivity index (χ3n) is 6.34. The molecule has 1 aliphatic heterocycles. The van der Waals surface area contributed by atoms with Gasteiger partial charge in [-0.05, 0) is 41.5 Å². The van der Waals surface area contributed by atoms with Crippen molar-refractivity contribution in [3.05, 3.63) is 23.3 Å². The number of ether oxygens (including phenoxy) is 6. The van der Waals surface area contributed by atoms with Gasteiger partial charge in [-0.2, -0.15) is 0 Å². The van der Waals surface area contributed by atoms with Gasteiger partial charge in [-0.25, -0.2) is 0 Å². The molecule has 1 heterocycles. The molecule has 4 rings (SSSR count). The van der Waals surface area contributed by atoms with E-state index in [1.165, 1.54) is 7.11 Å². The molecular weight excluding hydrogens is 388 g/mol. The number of phenols is 1. The molecule has 2 aromatic carbocycles. The highest BCUT2D eigenvalue weighted by Gasteiger charge is 2.42. The first-order valence-electron chi connectivity index (χ1n) is 9.92. The first-order chi connectivity index (χ1) is 14.5. The summed E-state index contributed by atoms with van der Waals surface area (Å²) in [7, 11) is 7.81. The van der Waals surface area contributed by atoms with Gasteiger partial charge in [0.2, 0.25) is 11.5 Å². The van der Waals surface area contributed by atoms with E-state index in [0.717, 1.165) is 23.1 Å². The van der Waals surface area contributed by atoms with Crippen LogP contribution in [-0.4, -0.2) is 47.3 Å². The van der Waals surface area contributed by atoms with Crippen LogP contribution in [0.3, 0.4) is 0 Å². The monoisotopic (exact) mass is 416 g/mol. The fourth-order valence-electron chi connectivity index (χ4n) is 4.80. The molecule has 162 valence electrons. The molecule has 30 heavy (non-hydrogen) atoms. The van der Waals surface area contributed by atoms with Gasteiger partial charge in [0.1, 0.15) is 0 Å². The van der Waals surface area contributed by atoms with Crippen LogP contribution in [0.25, 0.3) is 11.1 Å². The molecule has 0 aromatic heterocycles. The summed E-state index contributed by atoms with van der Waals surface area (Å²) in [6.45, 7) is 2.82. The molecule has 0 spiro atoms. The summed E-state index contributed by atoms with van der Waals surface area (Å²) in [5.74, 6) is 2.84. The highest BCUT2D eigenvalue weighted by Crippen LogP contribution is 2.58. The summed E-state index contributed by atoms with van der Waals surface area (Å²) in [6, 6.07) is 3.85. The van der Waals surface area contributed by atoms with Crippen LogP contribution in [0, 0.1) is 11.8 Å². The Bertz CT molecular complexity index is 969. The Hall–Kier alpha value is -2.80. The van der Waals surface area contributed by atoms with E-state index in [9.17, 15) is 5.11 Å². The molecular formula is C23H28O7. The van der Waals surface area contributed by atoms with E-state index in [1.54, 1.807) is 28.4 Å². The third-order valence-corrected chi connectivity index (χ3v) is 6.34. The lowest BCUT2D eigenvalue weighted by molar-refractivity contribution is 0.0936. The molecule has 7 heteroatoms. The Balaban J connectivity index is 2.15. The zero-order chi connectivity index (χ0) is 21.6. The van der Waals surface area contributed by atoms with Crippen molar-refractivity contribution in [3.63, 3.8) is 0 Å². The van der Waals surface area contributed by atoms with Gasteiger partial charge in [0.25, 0.3) is 0 Å². The lowest BCUT2D eigenvalue weighted by Crippen LogP contribution is -2.18. The summed E-state index contributed by atoms with van der Waals surface area (Å²) in [5.41, 5.74) is 3.20. The first kappa shape index (κ1) is 20.5. The van der Waals surface area contributed by atoms with Crippen LogP contribution in [0.15, 0.2) is 12.1 Å². The van der Waals surface area contributed by atoms with Crippen molar-refractivity contribution in [2.45, 2.75) is 19.4 Å². The molecule has 1 saturated heterocycles. The molecule has 7 nitrogen and oxygen atoms in total. The minimum absolute atomic E-state index is 0.0141. The largest absolute Gasteiger partial charge is 0.504 e. The number of benzene rings is 2. The second kappa shape index (κ2) is 7.80. The molecule has 1 fully saturated rings. The van der Waals surface area contributed by atoms with Crippen LogP contribution in [0.1, 0.15) is 24.2 Å². The van der Waals surface area contributed by atoms with Gasteiger partial charge in [0.15, 0.2) is 23.0 Å². The fourth-order valence-corrected chi connectivity index (χ4v) is 4.80. The van der Waals surface area contributed by atoms with E-state index in [4.69, 9.17) is 28.4 Å². The van der Waals surface area contributed by atoms with Crippen molar-refractivity contribution in [2.75, 3.05) is 42.2 Å². The van der Waals surface area contributed by atoms with Gasteiger partial charge in [-0.3, -0.25) is 0 Å². The number of fused-ring (bicyclic) bond motifs is 6. The predicted molar refractivity (Wildman–Crippen MR) is 111 cm³/mol. The molecule has 1 aliphatic carbocycles. The maximum atomic E-state index is 11.3. The van der Waals surface area contributed by atoms with Crippen LogP contribution in [-0.2, 0) is 11.2 Å². The van der Waals surface area contributed by atoms with E-state index in [1.807, 2.05) is 12.1 Å². The second-order valence-corrected chi connectivity index (χ2v) is 7.68. The van der Waals surface area contributed by atoms with Crippen LogP contribution < -0.4 is 23.7 Å². The van der Waals surface area contributed by atoms with Crippen molar-refractivity contribution in [1.29, 1.82) is 0 Å². The van der Waals surface area contributed by atoms with Gasteiger partial charge in [-0.1, -0.05) is 6.92 Å². The third kappa shape index (κ3) is 2.83. The van der Waals surface area contributed by atoms with E-state index >= 15 is 0 Å². The van der Waals surface area contributed by atoms with Crippen LogP contribution in [0.2, 0.25) is 0 Å². The maximum Gasteiger partial charge on any atom is 0.203 e. The van der Waals surface area contributed by atoms with Gasteiger partial charge >= 0.3 is 0 Å². The average molecular weight is 416 g/mol. The van der Waals surface area contributed by atoms with Crippen LogP contribution >= 0.6 is 0 Å². The van der Waals surface area contributed by atoms with E-state index in [-0.39, 0.29) is 23.5 Å². The van der Waals surface area contributed by atoms with Crippen LogP contribution in [0.4, 0.5) is 0 Å². The minimum atomic E-state index is -0.179. The summed E-state index contributed by atoms with van der Waals surface area (Å²) in [4.78, 5) is 0. The quantitative estimate of drug-likeness (QED) is 0.790. The Morgan fingerprint density at radius 1 is 0.833 bits per heavy atom. The zero-order valence-electron chi connectivity index (χ0n) is 18.2. The molecule has 0 unspecified atom stereocenters. The van der Waals surface area contributed by atoms with Gasteiger partial charge in [0.05, 0.1) is 48.3 Å². The molecule has 3 atom stereocenters. The van der Waals surface area contributed by atoms with Crippen molar-refractivity contribution in [2.24, 2.45) is 11.8 Å². The Labute approximate surface area is 176 Å². The lowest BCUT2D eigenvalue weighted by atomic mass is 9.77. The zero-order valence-corrected chi connectivity index (χ0v) is 18.2.